The highest BCUT2D eigenvalue weighted by Crippen LogP contribution is 2.10. The van der Waals surface area contributed by atoms with E-state index in [0.29, 0.717) is 0 Å². The van der Waals surface area contributed by atoms with Crippen molar-refractivity contribution in [3.8, 4) is 0 Å². The van der Waals surface area contributed by atoms with Crippen LogP contribution in [0.2, 0.25) is 0 Å². The first kappa shape index (κ1) is 20.2. The molecule has 1 atom stereocenters. The van der Waals surface area contributed by atoms with Gasteiger partial charge in [0.2, 0.25) is 0 Å². The number of hydrogen-bond acceptors (Lipinski definition) is 2. The van der Waals surface area contributed by atoms with Gasteiger partial charge in [-0.25, -0.2) is 0 Å². The summed E-state index contributed by atoms with van der Waals surface area (Å²) in [5.41, 5.74) is 5.72. The number of allylic oxidation sites excluding steroid dienone is 2. The minimum Gasteiger partial charge on any atom is -0.481 e. The quantitative estimate of drug-likeness (QED) is 0.328. The Labute approximate surface area is 131 Å². The third kappa shape index (κ3) is 17.1. The van der Waals surface area contributed by atoms with E-state index in [4.69, 9.17) is 10.8 Å². The van der Waals surface area contributed by atoms with Crippen LogP contribution in [0.1, 0.15) is 90.4 Å². The van der Waals surface area contributed by atoms with Crippen molar-refractivity contribution >= 4 is 5.97 Å². The van der Waals surface area contributed by atoms with Crippen LogP contribution in [-0.4, -0.2) is 17.1 Å². The van der Waals surface area contributed by atoms with Gasteiger partial charge in [0.15, 0.2) is 0 Å². The molecule has 0 amide bonds. The average Bonchev–Trinajstić information content (AvgIpc) is 2.43. The Hall–Kier alpha value is -0.830. The number of rotatable bonds is 15. The summed E-state index contributed by atoms with van der Waals surface area (Å²) in [5.74, 6) is -0.788. The van der Waals surface area contributed by atoms with Crippen molar-refractivity contribution in [1.29, 1.82) is 0 Å². The predicted molar refractivity (Wildman–Crippen MR) is 90.4 cm³/mol. The highest BCUT2D eigenvalue weighted by Gasteiger charge is 2.06. The van der Waals surface area contributed by atoms with E-state index in [2.05, 4.69) is 19.1 Å². The number of carbonyl (C=O) groups is 1. The van der Waals surface area contributed by atoms with E-state index >= 15 is 0 Å². The summed E-state index contributed by atoms with van der Waals surface area (Å²) in [6.45, 7) is 2.25. The third-order valence-corrected chi connectivity index (χ3v) is 3.77. The standard InChI is InChI=1S/C18H35NO2/c1-2-3-4-5-6-7-8-9-10-11-12-13-14-15-17(19)16-18(20)21/h7-8,17H,2-6,9-16,19H2,1H3,(H,20,21)/b8-7-. The average molecular weight is 297 g/mol. The second-order valence-electron chi connectivity index (χ2n) is 6.02. The Morgan fingerprint density at radius 2 is 1.48 bits per heavy atom. The van der Waals surface area contributed by atoms with Gasteiger partial charge >= 0.3 is 5.97 Å². The van der Waals surface area contributed by atoms with Crippen LogP contribution in [0.25, 0.3) is 0 Å². The van der Waals surface area contributed by atoms with E-state index in [1.165, 1.54) is 64.2 Å². The van der Waals surface area contributed by atoms with Gasteiger partial charge in [-0.05, 0) is 32.1 Å². The van der Waals surface area contributed by atoms with Gasteiger partial charge in [0.1, 0.15) is 0 Å². The van der Waals surface area contributed by atoms with Crippen molar-refractivity contribution in [3.05, 3.63) is 12.2 Å². The zero-order chi connectivity index (χ0) is 15.8. The van der Waals surface area contributed by atoms with Gasteiger partial charge in [-0.3, -0.25) is 4.79 Å². The molecule has 0 aromatic carbocycles. The maximum absolute atomic E-state index is 10.5. The SMILES string of the molecule is CCCCCC/C=C\CCCCCCCC(N)CC(=O)O. The predicted octanol–water partition coefficient (Wildman–Crippen LogP) is 5.05. The van der Waals surface area contributed by atoms with Crippen LogP contribution in [0.3, 0.4) is 0 Å². The second-order valence-corrected chi connectivity index (χ2v) is 6.02. The molecule has 0 fully saturated rings. The van der Waals surface area contributed by atoms with Crippen LogP contribution in [0, 0.1) is 0 Å². The fourth-order valence-electron chi connectivity index (χ4n) is 2.45. The largest absolute Gasteiger partial charge is 0.481 e. The maximum atomic E-state index is 10.5. The van der Waals surface area contributed by atoms with Crippen LogP contribution in [0.5, 0.6) is 0 Å². The Bertz CT molecular complexity index is 264. The highest BCUT2D eigenvalue weighted by atomic mass is 16.4. The first-order chi connectivity index (χ1) is 10.2. The number of aliphatic carboxylic acids is 1. The van der Waals surface area contributed by atoms with Crippen LogP contribution in [0.15, 0.2) is 12.2 Å². The van der Waals surface area contributed by atoms with Gasteiger partial charge in [0.25, 0.3) is 0 Å². The molecule has 0 bridgehead atoms. The lowest BCUT2D eigenvalue weighted by atomic mass is 10.0. The zero-order valence-corrected chi connectivity index (χ0v) is 13.9. The number of carboxylic acids is 1. The molecule has 0 saturated heterocycles. The smallest absolute Gasteiger partial charge is 0.304 e. The first-order valence-corrected chi connectivity index (χ1v) is 8.79. The molecule has 3 heteroatoms. The fourth-order valence-corrected chi connectivity index (χ4v) is 2.45. The summed E-state index contributed by atoms with van der Waals surface area (Å²) in [6.07, 6.45) is 19.4. The summed E-state index contributed by atoms with van der Waals surface area (Å²) >= 11 is 0. The molecule has 0 saturated carbocycles. The summed E-state index contributed by atoms with van der Waals surface area (Å²) in [7, 11) is 0. The number of carboxylic acid groups (broad SMARTS) is 1. The van der Waals surface area contributed by atoms with Crippen molar-refractivity contribution in [1.82, 2.24) is 0 Å². The Kier molecular flexibility index (Phi) is 14.9. The topological polar surface area (TPSA) is 63.3 Å². The van der Waals surface area contributed by atoms with Crippen molar-refractivity contribution in [3.63, 3.8) is 0 Å². The lowest BCUT2D eigenvalue weighted by molar-refractivity contribution is -0.137. The molecule has 1 unspecified atom stereocenters. The van der Waals surface area contributed by atoms with Crippen LogP contribution in [0.4, 0.5) is 0 Å². The summed E-state index contributed by atoms with van der Waals surface area (Å²) in [4.78, 5) is 10.5. The molecular formula is C18H35NO2. The molecule has 0 radical (unpaired) electrons. The normalized spacial score (nSPS) is 12.9. The first-order valence-electron chi connectivity index (χ1n) is 8.79. The van der Waals surface area contributed by atoms with Gasteiger partial charge in [-0.2, -0.15) is 0 Å². The monoisotopic (exact) mass is 297 g/mol. The molecule has 0 aliphatic carbocycles. The molecule has 0 aliphatic heterocycles. The highest BCUT2D eigenvalue weighted by molar-refractivity contribution is 5.67. The van der Waals surface area contributed by atoms with Gasteiger partial charge in [-0.15, -0.1) is 0 Å². The van der Waals surface area contributed by atoms with E-state index in [-0.39, 0.29) is 12.5 Å². The minimum absolute atomic E-state index is 0.100. The number of hydrogen-bond donors (Lipinski definition) is 2. The molecule has 0 aromatic heterocycles. The molecule has 0 spiro atoms. The van der Waals surface area contributed by atoms with Crippen molar-refractivity contribution in [2.24, 2.45) is 5.73 Å². The Morgan fingerprint density at radius 1 is 0.952 bits per heavy atom. The van der Waals surface area contributed by atoms with E-state index in [1.807, 2.05) is 0 Å². The molecule has 124 valence electrons. The van der Waals surface area contributed by atoms with Gasteiger partial charge < -0.3 is 10.8 Å². The Morgan fingerprint density at radius 3 is 2.05 bits per heavy atom. The number of nitrogens with two attached hydrogens (primary N) is 1. The molecule has 0 heterocycles. The molecule has 0 aromatic rings. The molecule has 3 N–H and O–H groups in total. The molecule has 0 rings (SSSR count). The molecule has 0 aliphatic rings. The van der Waals surface area contributed by atoms with Crippen LogP contribution >= 0.6 is 0 Å². The van der Waals surface area contributed by atoms with Crippen LogP contribution in [-0.2, 0) is 4.79 Å². The van der Waals surface area contributed by atoms with E-state index in [1.54, 1.807) is 0 Å². The summed E-state index contributed by atoms with van der Waals surface area (Å²) < 4.78 is 0. The van der Waals surface area contributed by atoms with Crippen molar-refractivity contribution < 1.29 is 9.90 Å². The van der Waals surface area contributed by atoms with Crippen LogP contribution < -0.4 is 5.73 Å². The van der Waals surface area contributed by atoms with Gasteiger partial charge in [-0.1, -0.05) is 64.0 Å². The number of unbranched alkanes of at least 4 members (excludes halogenated alkanes) is 9. The van der Waals surface area contributed by atoms with Crippen molar-refractivity contribution in [2.45, 2.75) is 96.4 Å². The molecular weight excluding hydrogens is 262 g/mol. The van der Waals surface area contributed by atoms with Gasteiger partial charge in [0.05, 0.1) is 6.42 Å². The van der Waals surface area contributed by atoms with E-state index in [9.17, 15) is 4.79 Å². The third-order valence-electron chi connectivity index (χ3n) is 3.77. The fraction of sp³-hybridized carbons (Fsp3) is 0.833. The summed E-state index contributed by atoms with van der Waals surface area (Å²) in [6, 6.07) is -0.168. The lowest BCUT2D eigenvalue weighted by Gasteiger charge is -2.07. The second kappa shape index (κ2) is 15.6. The van der Waals surface area contributed by atoms with Gasteiger partial charge in [0, 0.05) is 6.04 Å². The summed E-state index contributed by atoms with van der Waals surface area (Å²) in [5, 5.41) is 8.60. The zero-order valence-electron chi connectivity index (χ0n) is 13.9. The van der Waals surface area contributed by atoms with E-state index < -0.39 is 5.97 Å². The Balaban J connectivity index is 3.18. The molecule has 21 heavy (non-hydrogen) atoms. The van der Waals surface area contributed by atoms with E-state index in [0.717, 1.165) is 12.8 Å². The minimum atomic E-state index is -0.788. The van der Waals surface area contributed by atoms with Crippen molar-refractivity contribution in [2.75, 3.05) is 0 Å². The maximum Gasteiger partial charge on any atom is 0.304 e. The molecule has 3 nitrogen and oxygen atoms in total. The lowest BCUT2D eigenvalue weighted by Crippen LogP contribution is -2.23.